The lowest BCUT2D eigenvalue weighted by molar-refractivity contribution is -0.121. The molecule has 0 atom stereocenters. The minimum absolute atomic E-state index is 0.124. The summed E-state index contributed by atoms with van der Waals surface area (Å²) in [4.78, 5) is 12.2. The largest absolute Gasteiger partial charge is 0.491 e. The van der Waals surface area contributed by atoms with Gasteiger partial charge in [0.15, 0.2) is 0 Å². The summed E-state index contributed by atoms with van der Waals surface area (Å²) in [7, 11) is -3.48. The summed E-state index contributed by atoms with van der Waals surface area (Å²) in [5, 5.41) is 4.68. The van der Waals surface area contributed by atoms with E-state index >= 15 is 0 Å². The molecule has 0 fully saturated rings. The number of benzene rings is 3. The average molecular weight is 455 g/mol. The van der Waals surface area contributed by atoms with Gasteiger partial charge < -0.3 is 10.1 Å². The van der Waals surface area contributed by atoms with E-state index in [0.717, 1.165) is 22.1 Å². The van der Waals surface area contributed by atoms with Gasteiger partial charge in [-0.2, -0.15) is 0 Å². The Kier molecular flexibility index (Phi) is 7.75. The molecule has 0 radical (unpaired) electrons. The summed E-state index contributed by atoms with van der Waals surface area (Å²) >= 11 is 0. The molecule has 6 nitrogen and oxygen atoms in total. The minimum atomic E-state index is -3.48. The molecule has 3 aromatic carbocycles. The van der Waals surface area contributed by atoms with Gasteiger partial charge in [-0.15, -0.1) is 0 Å². The van der Waals surface area contributed by atoms with Crippen molar-refractivity contribution in [3.05, 3.63) is 71.8 Å². The van der Waals surface area contributed by atoms with Crippen LogP contribution >= 0.6 is 0 Å². The van der Waals surface area contributed by atoms with Gasteiger partial charge in [-0.1, -0.05) is 54.1 Å². The highest BCUT2D eigenvalue weighted by Crippen LogP contribution is 2.28. The van der Waals surface area contributed by atoms with Crippen LogP contribution in [0.15, 0.2) is 60.7 Å². The molecule has 0 aliphatic carbocycles. The normalized spacial score (nSPS) is 11.3. The lowest BCUT2D eigenvalue weighted by Gasteiger charge is -2.24. The zero-order chi connectivity index (χ0) is 23.1. The van der Waals surface area contributed by atoms with E-state index < -0.39 is 10.0 Å². The van der Waals surface area contributed by atoms with Crippen LogP contribution in [0, 0.1) is 13.8 Å². The Morgan fingerprint density at radius 2 is 1.78 bits per heavy atom. The number of anilines is 1. The molecule has 3 aromatic rings. The molecule has 0 unspecified atom stereocenters. The van der Waals surface area contributed by atoms with Crippen LogP contribution in [0.3, 0.4) is 0 Å². The van der Waals surface area contributed by atoms with E-state index in [1.165, 1.54) is 16.1 Å². The Morgan fingerprint density at radius 1 is 1.03 bits per heavy atom. The number of ether oxygens (including phenoxy) is 1. The number of amides is 1. The predicted molar refractivity (Wildman–Crippen MR) is 130 cm³/mol. The third-order valence-corrected chi connectivity index (χ3v) is 6.39. The summed E-state index contributed by atoms with van der Waals surface area (Å²) in [6.07, 6.45) is 1.85. The van der Waals surface area contributed by atoms with Gasteiger partial charge >= 0.3 is 0 Å². The smallest absolute Gasteiger partial charge is 0.232 e. The van der Waals surface area contributed by atoms with E-state index in [1.807, 2.05) is 62.4 Å². The third kappa shape index (κ3) is 6.23. The maximum atomic E-state index is 12.5. The monoisotopic (exact) mass is 454 g/mol. The zero-order valence-corrected chi connectivity index (χ0v) is 19.6. The van der Waals surface area contributed by atoms with E-state index in [9.17, 15) is 13.2 Å². The number of carbonyl (C=O) groups excluding carboxylic acids is 1. The number of nitrogens with one attached hydrogen (secondary N) is 1. The maximum Gasteiger partial charge on any atom is 0.232 e. The lowest BCUT2D eigenvalue weighted by atomic mass is 10.1. The Balaban J connectivity index is 1.51. The second-order valence-corrected chi connectivity index (χ2v) is 9.81. The molecular formula is C25H30N2O4S. The molecule has 0 heterocycles. The van der Waals surface area contributed by atoms with Crippen molar-refractivity contribution < 1.29 is 17.9 Å². The molecule has 170 valence electrons. The SMILES string of the molecule is Cc1ccc(OCCNC(=O)CCCN(c2cccc3ccccc23)S(C)(=O)=O)c(C)c1. The summed E-state index contributed by atoms with van der Waals surface area (Å²) in [5.74, 6) is 0.685. The second kappa shape index (κ2) is 10.5. The number of rotatable bonds is 10. The van der Waals surface area contributed by atoms with E-state index in [-0.39, 0.29) is 18.9 Å². The van der Waals surface area contributed by atoms with Gasteiger partial charge in [0.1, 0.15) is 12.4 Å². The molecule has 0 spiro atoms. The number of carbonyl (C=O) groups is 1. The summed E-state index contributed by atoms with van der Waals surface area (Å²) in [6.45, 7) is 5.03. The van der Waals surface area contributed by atoms with Crippen molar-refractivity contribution in [2.45, 2.75) is 26.7 Å². The van der Waals surface area contributed by atoms with E-state index in [0.29, 0.717) is 25.3 Å². The van der Waals surface area contributed by atoms with Crippen LogP contribution in [0.1, 0.15) is 24.0 Å². The number of nitrogens with zero attached hydrogens (tertiary/aromatic N) is 1. The number of sulfonamides is 1. The maximum absolute atomic E-state index is 12.5. The molecule has 0 saturated heterocycles. The Labute approximate surface area is 190 Å². The van der Waals surface area contributed by atoms with Crippen molar-refractivity contribution in [2.24, 2.45) is 0 Å². The Hall–Kier alpha value is -3.06. The summed E-state index contributed by atoms with van der Waals surface area (Å²) < 4.78 is 32.0. The predicted octanol–water partition coefficient (Wildman–Crippen LogP) is 4.20. The first-order valence-electron chi connectivity index (χ1n) is 10.7. The van der Waals surface area contributed by atoms with Crippen LogP contribution in [0.25, 0.3) is 10.8 Å². The third-order valence-electron chi connectivity index (χ3n) is 5.21. The van der Waals surface area contributed by atoms with Gasteiger partial charge in [0.2, 0.25) is 15.9 Å². The quantitative estimate of drug-likeness (QED) is 0.466. The van der Waals surface area contributed by atoms with Gasteiger partial charge in [-0.3, -0.25) is 9.10 Å². The molecule has 0 bridgehead atoms. The van der Waals surface area contributed by atoms with Crippen LogP contribution in [-0.4, -0.2) is 40.3 Å². The van der Waals surface area contributed by atoms with Gasteiger partial charge in [0.05, 0.1) is 18.5 Å². The fourth-order valence-corrected chi connectivity index (χ4v) is 4.65. The molecule has 1 N–H and O–H groups in total. The summed E-state index contributed by atoms with van der Waals surface area (Å²) in [6, 6.07) is 19.2. The van der Waals surface area contributed by atoms with Crippen LogP contribution < -0.4 is 14.4 Å². The van der Waals surface area contributed by atoms with Gasteiger partial charge in [0.25, 0.3) is 0 Å². The summed E-state index contributed by atoms with van der Waals surface area (Å²) in [5.41, 5.74) is 2.87. The van der Waals surface area contributed by atoms with Crippen molar-refractivity contribution in [3.8, 4) is 5.75 Å². The van der Waals surface area contributed by atoms with E-state index in [2.05, 4.69) is 11.4 Å². The molecule has 7 heteroatoms. The molecule has 0 aliphatic heterocycles. The molecule has 0 aliphatic rings. The van der Waals surface area contributed by atoms with Crippen LogP contribution in [0.4, 0.5) is 5.69 Å². The fraction of sp³-hybridized carbons (Fsp3) is 0.320. The number of hydrogen-bond donors (Lipinski definition) is 1. The molecule has 3 rings (SSSR count). The topological polar surface area (TPSA) is 75.7 Å². The lowest BCUT2D eigenvalue weighted by Crippen LogP contribution is -2.33. The van der Waals surface area contributed by atoms with Crippen molar-refractivity contribution >= 4 is 32.4 Å². The van der Waals surface area contributed by atoms with Gasteiger partial charge in [-0.25, -0.2) is 8.42 Å². The fourth-order valence-electron chi connectivity index (χ4n) is 3.68. The highest BCUT2D eigenvalue weighted by molar-refractivity contribution is 7.92. The zero-order valence-electron chi connectivity index (χ0n) is 18.8. The number of hydrogen-bond acceptors (Lipinski definition) is 4. The van der Waals surface area contributed by atoms with Crippen LogP contribution in [0.2, 0.25) is 0 Å². The molecule has 0 saturated carbocycles. The van der Waals surface area contributed by atoms with Crippen molar-refractivity contribution in [1.29, 1.82) is 0 Å². The molecule has 1 amide bonds. The molecular weight excluding hydrogens is 424 g/mol. The van der Waals surface area contributed by atoms with E-state index in [1.54, 1.807) is 6.07 Å². The highest BCUT2D eigenvalue weighted by Gasteiger charge is 2.19. The number of aryl methyl sites for hydroxylation is 2. The average Bonchev–Trinajstić information content (AvgIpc) is 2.74. The van der Waals surface area contributed by atoms with Gasteiger partial charge in [-0.05, 0) is 43.4 Å². The Morgan fingerprint density at radius 3 is 2.53 bits per heavy atom. The standard InChI is InChI=1S/C25H30N2O4S/c1-19-13-14-24(20(2)18-19)31-17-15-26-25(28)12-7-16-27(32(3,29)30)23-11-6-9-21-8-4-5-10-22(21)23/h4-6,8-11,13-14,18H,7,12,15-17H2,1-3H3,(H,26,28). The van der Waals surface area contributed by atoms with Crippen molar-refractivity contribution in [3.63, 3.8) is 0 Å². The van der Waals surface area contributed by atoms with Crippen LogP contribution in [0.5, 0.6) is 5.75 Å². The van der Waals surface area contributed by atoms with Crippen molar-refractivity contribution in [1.82, 2.24) is 5.32 Å². The second-order valence-electron chi connectivity index (χ2n) is 7.90. The first kappa shape index (κ1) is 23.6. The molecule has 0 aromatic heterocycles. The van der Waals surface area contributed by atoms with Crippen LogP contribution in [-0.2, 0) is 14.8 Å². The number of fused-ring (bicyclic) bond motifs is 1. The highest BCUT2D eigenvalue weighted by atomic mass is 32.2. The first-order valence-corrected chi connectivity index (χ1v) is 12.5. The first-order chi connectivity index (χ1) is 15.3. The molecule has 32 heavy (non-hydrogen) atoms. The minimum Gasteiger partial charge on any atom is -0.491 e. The van der Waals surface area contributed by atoms with Crippen molar-refractivity contribution in [2.75, 3.05) is 30.3 Å². The Bertz CT molecular complexity index is 1190. The van der Waals surface area contributed by atoms with E-state index in [4.69, 9.17) is 4.74 Å². The van der Waals surface area contributed by atoms with Gasteiger partial charge in [0, 0.05) is 18.4 Å².